The van der Waals surface area contributed by atoms with Gasteiger partial charge in [-0.25, -0.2) is 9.18 Å². The van der Waals surface area contributed by atoms with Crippen molar-refractivity contribution in [2.45, 2.75) is 58.3 Å². The molecule has 0 heterocycles. The first-order chi connectivity index (χ1) is 17.0. The number of methoxy groups -OCH3 is 1. The summed E-state index contributed by atoms with van der Waals surface area (Å²) in [6.45, 7) is 3.32. The molecule has 1 aromatic rings. The lowest BCUT2D eigenvalue weighted by Crippen LogP contribution is -2.56. The number of halogens is 1. The second-order valence-corrected chi connectivity index (χ2v) is 8.31. The third-order valence-electron chi connectivity index (χ3n) is 5.01. The molecule has 3 atom stereocenters. The van der Waals surface area contributed by atoms with E-state index in [1.165, 1.54) is 6.92 Å². The van der Waals surface area contributed by atoms with Gasteiger partial charge in [-0.05, 0) is 18.4 Å². The van der Waals surface area contributed by atoms with Gasteiger partial charge in [0.25, 0.3) is 0 Å². The molecule has 0 saturated heterocycles. The summed E-state index contributed by atoms with van der Waals surface area (Å²) in [5, 5.41) is 7.16. The predicted octanol–water partition coefficient (Wildman–Crippen LogP) is 0.988. The number of nitrogens with one attached hydrogen (secondary N) is 3. The van der Waals surface area contributed by atoms with Crippen molar-refractivity contribution in [2.75, 3.05) is 13.8 Å². The molecular formula is C24H32FN3O8. The molecule has 3 amide bonds. The maximum atomic E-state index is 12.7. The van der Waals surface area contributed by atoms with Crippen LogP contribution in [0.15, 0.2) is 30.3 Å². The Morgan fingerprint density at radius 1 is 0.917 bits per heavy atom. The normalized spacial score (nSPS) is 13.1. The van der Waals surface area contributed by atoms with Gasteiger partial charge in [0.2, 0.25) is 11.8 Å². The largest absolute Gasteiger partial charge is 0.469 e. The molecule has 198 valence electrons. The second-order valence-electron chi connectivity index (χ2n) is 8.31. The zero-order chi connectivity index (χ0) is 27.3. The summed E-state index contributed by atoms with van der Waals surface area (Å²) in [4.78, 5) is 72.7. The van der Waals surface area contributed by atoms with Gasteiger partial charge in [0.15, 0.2) is 11.6 Å². The summed E-state index contributed by atoms with van der Waals surface area (Å²) in [5.41, 5.74) is 0.757. The van der Waals surface area contributed by atoms with E-state index in [1.54, 1.807) is 38.1 Å². The first-order valence-electron chi connectivity index (χ1n) is 11.2. The van der Waals surface area contributed by atoms with Crippen LogP contribution < -0.4 is 16.0 Å². The van der Waals surface area contributed by atoms with Crippen molar-refractivity contribution in [1.29, 1.82) is 0 Å². The molecule has 11 nitrogen and oxygen atoms in total. The SMILES string of the molecule is COC(=O)C[C@H](NC(=O)[C@H](C)NC(=O)[C@@H](NC(=O)OCc1ccccc1)C(C)C)C(=O)CC(=O)CF. The zero-order valence-corrected chi connectivity index (χ0v) is 20.7. The maximum absolute atomic E-state index is 12.7. The Labute approximate surface area is 208 Å². The van der Waals surface area contributed by atoms with Crippen LogP contribution in [0.25, 0.3) is 0 Å². The smallest absolute Gasteiger partial charge is 0.408 e. The van der Waals surface area contributed by atoms with E-state index in [4.69, 9.17) is 4.74 Å². The molecule has 0 aromatic heterocycles. The van der Waals surface area contributed by atoms with Crippen LogP contribution in [0.1, 0.15) is 39.2 Å². The van der Waals surface area contributed by atoms with Crippen LogP contribution in [0.3, 0.4) is 0 Å². The Bertz CT molecular complexity index is 939. The molecule has 0 aliphatic carbocycles. The van der Waals surface area contributed by atoms with Crippen molar-refractivity contribution in [3.8, 4) is 0 Å². The molecule has 0 bridgehead atoms. The molecule has 1 rings (SSSR count). The van der Waals surface area contributed by atoms with E-state index in [2.05, 4.69) is 20.7 Å². The molecule has 0 aliphatic rings. The third kappa shape index (κ3) is 10.6. The lowest BCUT2D eigenvalue weighted by molar-refractivity contribution is -0.144. The van der Waals surface area contributed by atoms with E-state index >= 15 is 0 Å². The van der Waals surface area contributed by atoms with Gasteiger partial charge in [-0.3, -0.25) is 24.0 Å². The molecule has 36 heavy (non-hydrogen) atoms. The number of amides is 3. The molecule has 12 heteroatoms. The van der Waals surface area contributed by atoms with E-state index in [0.717, 1.165) is 12.7 Å². The fraction of sp³-hybridized carbons (Fsp3) is 0.500. The summed E-state index contributed by atoms with van der Waals surface area (Å²) < 4.78 is 22.1. The van der Waals surface area contributed by atoms with Gasteiger partial charge in [-0.15, -0.1) is 0 Å². The van der Waals surface area contributed by atoms with Crippen LogP contribution >= 0.6 is 0 Å². The number of alkyl carbamates (subject to hydrolysis) is 1. The number of ketones is 2. The highest BCUT2D eigenvalue weighted by Crippen LogP contribution is 2.06. The van der Waals surface area contributed by atoms with Gasteiger partial charge in [0.05, 0.1) is 26.0 Å². The molecule has 0 radical (unpaired) electrons. The number of alkyl halides is 1. The summed E-state index contributed by atoms with van der Waals surface area (Å²) >= 11 is 0. The van der Waals surface area contributed by atoms with Crippen molar-refractivity contribution in [2.24, 2.45) is 5.92 Å². The van der Waals surface area contributed by atoms with Crippen LogP contribution in [-0.4, -0.2) is 67.4 Å². The van der Waals surface area contributed by atoms with Crippen LogP contribution in [-0.2, 0) is 40.1 Å². The van der Waals surface area contributed by atoms with Gasteiger partial charge in [0.1, 0.15) is 25.4 Å². The lowest BCUT2D eigenvalue weighted by atomic mass is 10.0. The van der Waals surface area contributed by atoms with E-state index in [1.807, 2.05) is 6.07 Å². The van der Waals surface area contributed by atoms with Crippen molar-refractivity contribution in [3.05, 3.63) is 35.9 Å². The molecule has 0 aliphatic heterocycles. The predicted molar refractivity (Wildman–Crippen MR) is 125 cm³/mol. The first kappa shape index (κ1) is 30.2. The van der Waals surface area contributed by atoms with Crippen LogP contribution in [0, 0.1) is 5.92 Å². The first-order valence-corrected chi connectivity index (χ1v) is 11.2. The minimum Gasteiger partial charge on any atom is -0.469 e. The molecule has 0 fully saturated rings. The highest BCUT2D eigenvalue weighted by atomic mass is 19.1. The number of benzene rings is 1. The number of esters is 1. The Kier molecular flexibility index (Phi) is 12.8. The number of rotatable bonds is 14. The Balaban J connectivity index is 2.75. The third-order valence-corrected chi connectivity index (χ3v) is 5.01. The van der Waals surface area contributed by atoms with Crippen LogP contribution in [0.2, 0.25) is 0 Å². The molecule has 1 aromatic carbocycles. The number of carbonyl (C=O) groups excluding carboxylic acids is 6. The van der Waals surface area contributed by atoms with Crippen molar-refractivity contribution in [1.82, 2.24) is 16.0 Å². The number of hydrogen-bond acceptors (Lipinski definition) is 8. The van der Waals surface area contributed by atoms with Crippen molar-refractivity contribution in [3.63, 3.8) is 0 Å². The lowest BCUT2D eigenvalue weighted by Gasteiger charge is -2.24. The van der Waals surface area contributed by atoms with E-state index in [9.17, 15) is 33.2 Å². The Morgan fingerprint density at radius 2 is 1.56 bits per heavy atom. The minimum absolute atomic E-state index is 0.00155. The topological polar surface area (TPSA) is 157 Å². The maximum Gasteiger partial charge on any atom is 0.408 e. The molecule has 0 unspecified atom stereocenters. The van der Waals surface area contributed by atoms with Crippen LogP contribution in [0.4, 0.5) is 9.18 Å². The summed E-state index contributed by atoms with van der Waals surface area (Å²) in [6, 6.07) is 5.25. The molecule has 0 spiro atoms. The highest BCUT2D eigenvalue weighted by molar-refractivity contribution is 6.04. The number of carbonyl (C=O) groups is 6. The summed E-state index contributed by atoms with van der Waals surface area (Å²) in [5.74, 6) is -4.62. The molecular weight excluding hydrogens is 477 g/mol. The Morgan fingerprint density at radius 3 is 2.11 bits per heavy atom. The quantitative estimate of drug-likeness (QED) is 0.248. The minimum atomic E-state index is -1.45. The van der Waals surface area contributed by atoms with Gasteiger partial charge in [0, 0.05) is 0 Å². The highest BCUT2D eigenvalue weighted by Gasteiger charge is 2.30. The fourth-order valence-electron chi connectivity index (χ4n) is 2.95. The summed E-state index contributed by atoms with van der Waals surface area (Å²) in [6.07, 6.45) is -2.22. The number of ether oxygens (including phenoxy) is 2. The van der Waals surface area contributed by atoms with Crippen molar-refractivity contribution >= 4 is 35.4 Å². The number of Topliss-reactive ketones (excluding diaryl/α,β-unsaturated/α-hetero) is 2. The average Bonchev–Trinajstić information content (AvgIpc) is 2.85. The van der Waals surface area contributed by atoms with E-state index in [-0.39, 0.29) is 12.5 Å². The van der Waals surface area contributed by atoms with Crippen molar-refractivity contribution < 1.29 is 42.6 Å². The molecule has 0 saturated carbocycles. The van der Waals surface area contributed by atoms with Gasteiger partial charge < -0.3 is 25.4 Å². The average molecular weight is 510 g/mol. The van der Waals surface area contributed by atoms with Gasteiger partial charge in [-0.1, -0.05) is 44.2 Å². The summed E-state index contributed by atoms with van der Waals surface area (Å²) in [7, 11) is 1.07. The van der Waals surface area contributed by atoms with E-state index in [0.29, 0.717) is 0 Å². The zero-order valence-electron chi connectivity index (χ0n) is 20.7. The fourth-order valence-corrected chi connectivity index (χ4v) is 2.95. The van der Waals surface area contributed by atoms with Gasteiger partial charge in [-0.2, -0.15) is 0 Å². The van der Waals surface area contributed by atoms with E-state index < -0.39 is 73.1 Å². The standard InChI is InChI=1S/C24H32FN3O8/c1-14(2)21(28-24(34)36-13-16-8-6-5-7-9-16)23(33)26-15(3)22(32)27-18(11-20(31)35-4)19(30)10-17(29)12-25/h5-9,14-15,18,21H,10-13H2,1-4H3,(H,26,33)(H,27,32)(H,28,34)/t15-,18-,21-/m0/s1. The Hall–Kier alpha value is -3.83. The number of hydrogen-bond donors (Lipinski definition) is 3. The van der Waals surface area contributed by atoms with Gasteiger partial charge >= 0.3 is 12.1 Å². The monoisotopic (exact) mass is 509 g/mol. The second kappa shape index (κ2) is 15.2. The molecule has 3 N–H and O–H groups in total. The van der Waals surface area contributed by atoms with Crippen LogP contribution in [0.5, 0.6) is 0 Å².